The van der Waals surface area contributed by atoms with Gasteiger partial charge in [-0.2, -0.15) is 0 Å². The van der Waals surface area contributed by atoms with Crippen molar-refractivity contribution in [1.82, 2.24) is 9.88 Å². The molecule has 0 spiro atoms. The molecule has 0 radical (unpaired) electrons. The summed E-state index contributed by atoms with van der Waals surface area (Å²) in [6, 6.07) is 1.26. The van der Waals surface area contributed by atoms with E-state index in [-0.39, 0.29) is 23.2 Å². The number of hydrogen-bond donors (Lipinski definition) is 2. The molecule has 19 heavy (non-hydrogen) atoms. The number of aromatic nitrogens is 1. The second-order valence-corrected chi connectivity index (χ2v) is 5.18. The monoisotopic (exact) mass is 268 g/mol. The molecule has 7 heteroatoms. The number of hydrogen-bond acceptors (Lipinski definition) is 4. The van der Waals surface area contributed by atoms with Gasteiger partial charge in [-0.1, -0.05) is 13.8 Å². The lowest BCUT2D eigenvalue weighted by atomic mass is 9.88. The van der Waals surface area contributed by atoms with Gasteiger partial charge in [-0.15, -0.1) is 0 Å². The quantitative estimate of drug-likeness (QED) is 0.615. The van der Waals surface area contributed by atoms with Gasteiger partial charge in [0.1, 0.15) is 5.69 Å². The summed E-state index contributed by atoms with van der Waals surface area (Å²) >= 11 is 0. The molecule has 1 heterocycles. The van der Waals surface area contributed by atoms with Crippen LogP contribution < -0.4 is 11.1 Å². The number of nitro groups is 1. The zero-order chi connectivity index (χ0) is 14.8. The summed E-state index contributed by atoms with van der Waals surface area (Å²) in [4.78, 5) is 22.3. The molecule has 1 atom stereocenters. The molecular formula is C12H20N4O3. The van der Waals surface area contributed by atoms with Gasteiger partial charge in [-0.05, 0) is 12.8 Å². The van der Waals surface area contributed by atoms with E-state index in [4.69, 9.17) is 5.73 Å². The maximum atomic E-state index is 12.2. The fraction of sp³-hybridized carbons (Fsp3) is 0.583. The van der Waals surface area contributed by atoms with Crippen molar-refractivity contribution in [2.75, 3.05) is 6.54 Å². The zero-order valence-electron chi connectivity index (χ0n) is 11.6. The Bertz CT molecular complexity index is 495. The molecule has 1 unspecified atom stereocenters. The Labute approximate surface area is 111 Å². The number of aryl methyl sites for hydroxylation is 1. The van der Waals surface area contributed by atoms with Crippen molar-refractivity contribution in [1.29, 1.82) is 0 Å². The number of carbonyl (C=O) groups excluding carboxylic acids is 1. The van der Waals surface area contributed by atoms with Crippen molar-refractivity contribution in [3.8, 4) is 0 Å². The largest absolute Gasteiger partial charge is 0.344 e. The number of nitrogens with zero attached hydrogens (tertiary/aromatic N) is 2. The van der Waals surface area contributed by atoms with Crippen molar-refractivity contribution >= 4 is 11.6 Å². The molecule has 3 N–H and O–H groups in total. The van der Waals surface area contributed by atoms with Gasteiger partial charge >= 0.3 is 0 Å². The van der Waals surface area contributed by atoms with Crippen LogP contribution in [0.2, 0.25) is 0 Å². The van der Waals surface area contributed by atoms with Crippen molar-refractivity contribution in [2.24, 2.45) is 18.7 Å². The van der Waals surface area contributed by atoms with E-state index in [1.807, 2.05) is 20.8 Å². The van der Waals surface area contributed by atoms with Crippen LogP contribution in [-0.4, -0.2) is 27.5 Å². The zero-order valence-corrected chi connectivity index (χ0v) is 11.6. The molecule has 0 aliphatic heterocycles. The van der Waals surface area contributed by atoms with Gasteiger partial charge in [-0.25, -0.2) is 0 Å². The van der Waals surface area contributed by atoms with E-state index >= 15 is 0 Å². The Morgan fingerprint density at radius 1 is 1.63 bits per heavy atom. The standard InChI is InChI=1S/C12H20N4O3/c1-8(2)12(3,7-13)14-11(17)10-5-9(16(18)19)6-15(10)4/h5-6,8H,7,13H2,1-4H3,(H,14,17). The van der Waals surface area contributed by atoms with Crippen LogP contribution in [0.3, 0.4) is 0 Å². The Kier molecular flexibility index (Phi) is 4.31. The van der Waals surface area contributed by atoms with Gasteiger partial charge in [0, 0.05) is 19.7 Å². The average molecular weight is 268 g/mol. The lowest BCUT2D eigenvalue weighted by Crippen LogP contribution is -2.55. The van der Waals surface area contributed by atoms with E-state index < -0.39 is 10.5 Å². The summed E-state index contributed by atoms with van der Waals surface area (Å²) < 4.78 is 1.44. The first kappa shape index (κ1) is 15.2. The second-order valence-electron chi connectivity index (χ2n) is 5.18. The topological polar surface area (TPSA) is 103 Å². The number of nitrogens with two attached hydrogens (primary N) is 1. The molecule has 0 aromatic carbocycles. The van der Waals surface area contributed by atoms with Crippen LogP contribution >= 0.6 is 0 Å². The highest BCUT2D eigenvalue weighted by Gasteiger charge is 2.30. The summed E-state index contributed by atoms with van der Waals surface area (Å²) in [6.07, 6.45) is 1.31. The van der Waals surface area contributed by atoms with Crippen molar-refractivity contribution in [3.63, 3.8) is 0 Å². The molecule has 0 saturated heterocycles. The molecule has 1 aromatic rings. The third-order valence-corrected chi connectivity index (χ3v) is 3.53. The van der Waals surface area contributed by atoms with Gasteiger partial charge in [0.25, 0.3) is 11.6 Å². The number of nitrogens with one attached hydrogen (secondary N) is 1. The van der Waals surface area contributed by atoms with Crippen LogP contribution in [0, 0.1) is 16.0 Å². The SMILES string of the molecule is CC(C)C(C)(CN)NC(=O)c1cc([N+](=O)[O-])cn1C. The van der Waals surface area contributed by atoms with E-state index in [0.29, 0.717) is 6.54 Å². The van der Waals surface area contributed by atoms with Crippen LogP contribution in [0.25, 0.3) is 0 Å². The summed E-state index contributed by atoms with van der Waals surface area (Å²) in [5, 5.41) is 13.5. The lowest BCUT2D eigenvalue weighted by molar-refractivity contribution is -0.384. The number of amides is 1. The number of carbonyl (C=O) groups is 1. The van der Waals surface area contributed by atoms with Crippen LogP contribution in [0.15, 0.2) is 12.3 Å². The highest BCUT2D eigenvalue weighted by molar-refractivity contribution is 5.94. The molecule has 0 saturated carbocycles. The minimum absolute atomic E-state index is 0.105. The summed E-state index contributed by atoms with van der Waals surface area (Å²) in [5.41, 5.74) is 5.29. The summed E-state index contributed by atoms with van der Waals surface area (Å²) in [5.74, 6) is -0.214. The van der Waals surface area contributed by atoms with Crippen LogP contribution in [0.1, 0.15) is 31.3 Å². The molecular weight excluding hydrogens is 248 g/mol. The molecule has 0 fully saturated rings. The predicted octanol–water partition coefficient (Wildman–Crippen LogP) is 1.04. The Morgan fingerprint density at radius 2 is 2.21 bits per heavy atom. The molecule has 0 aliphatic rings. The minimum Gasteiger partial charge on any atom is -0.344 e. The summed E-state index contributed by atoms with van der Waals surface area (Å²) in [7, 11) is 1.59. The smallest absolute Gasteiger partial charge is 0.287 e. The van der Waals surface area contributed by atoms with E-state index in [0.717, 1.165) is 0 Å². The normalized spacial score (nSPS) is 14.2. The Morgan fingerprint density at radius 3 is 2.58 bits per heavy atom. The van der Waals surface area contributed by atoms with E-state index in [2.05, 4.69) is 5.32 Å². The van der Waals surface area contributed by atoms with Gasteiger partial charge < -0.3 is 15.6 Å². The summed E-state index contributed by atoms with van der Waals surface area (Å²) in [6.45, 7) is 6.07. The van der Waals surface area contributed by atoms with Crippen LogP contribution in [0.4, 0.5) is 5.69 Å². The van der Waals surface area contributed by atoms with E-state index in [1.54, 1.807) is 7.05 Å². The Balaban J connectivity index is 2.98. The average Bonchev–Trinajstić information content (AvgIpc) is 2.71. The molecule has 1 aromatic heterocycles. The molecule has 1 amide bonds. The third kappa shape index (κ3) is 3.11. The maximum Gasteiger partial charge on any atom is 0.287 e. The van der Waals surface area contributed by atoms with Crippen molar-refractivity contribution < 1.29 is 9.72 Å². The van der Waals surface area contributed by atoms with Gasteiger partial charge in [0.05, 0.1) is 16.7 Å². The lowest BCUT2D eigenvalue weighted by Gasteiger charge is -2.33. The molecule has 0 aliphatic carbocycles. The van der Waals surface area contributed by atoms with E-state index in [1.165, 1.54) is 16.8 Å². The molecule has 106 valence electrons. The van der Waals surface area contributed by atoms with Gasteiger partial charge in [0.15, 0.2) is 0 Å². The third-order valence-electron chi connectivity index (χ3n) is 3.53. The first-order valence-electron chi connectivity index (χ1n) is 6.04. The predicted molar refractivity (Wildman–Crippen MR) is 71.8 cm³/mol. The molecule has 0 bridgehead atoms. The number of rotatable bonds is 5. The first-order chi connectivity index (χ1) is 8.71. The van der Waals surface area contributed by atoms with Crippen LogP contribution in [0.5, 0.6) is 0 Å². The van der Waals surface area contributed by atoms with E-state index in [9.17, 15) is 14.9 Å². The van der Waals surface area contributed by atoms with Crippen molar-refractivity contribution in [2.45, 2.75) is 26.3 Å². The fourth-order valence-electron chi connectivity index (χ4n) is 1.63. The molecule has 7 nitrogen and oxygen atoms in total. The maximum absolute atomic E-state index is 12.2. The van der Waals surface area contributed by atoms with Gasteiger partial charge in [0.2, 0.25) is 0 Å². The highest BCUT2D eigenvalue weighted by Crippen LogP contribution is 2.18. The van der Waals surface area contributed by atoms with Crippen LogP contribution in [-0.2, 0) is 7.05 Å². The van der Waals surface area contributed by atoms with Crippen molar-refractivity contribution in [3.05, 3.63) is 28.1 Å². The molecule has 1 rings (SSSR count). The van der Waals surface area contributed by atoms with Gasteiger partial charge in [-0.3, -0.25) is 14.9 Å². The Hall–Kier alpha value is -1.89. The second kappa shape index (κ2) is 5.40. The highest BCUT2D eigenvalue weighted by atomic mass is 16.6. The fourth-order valence-corrected chi connectivity index (χ4v) is 1.63. The minimum atomic E-state index is -0.546. The first-order valence-corrected chi connectivity index (χ1v) is 6.04.